The third kappa shape index (κ3) is 2.66. The lowest BCUT2D eigenvalue weighted by Gasteiger charge is -2.04. The Morgan fingerprint density at radius 2 is 2.41 bits per heavy atom. The Bertz CT molecular complexity index is 522. The number of nitrogens with one attached hydrogen (secondary N) is 1. The quantitative estimate of drug-likeness (QED) is 0.900. The van der Waals surface area contributed by atoms with Crippen LogP contribution in [-0.4, -0.2) is 11.5 Å². The van der Waals surface area contributed by atoms with Crippen molar-refractivity contribution in [1.29, 1.82) is 5.26 Å². The van der Waals surface area contributed by atoms with Crippen LogP contribution in [0.15, 0.2) is 21.9 Å². The Kier molecular flexibility index (Phi) is 3.45. The number of oxazole rings is 1. The molecule has 5 heteroatoms. The number of anilines is 1. The van der Waals surface area contributed by atoms with Crippen LogP contribution in [0, 0.1) is 17.2 Å². The van der Waals surface area contributed by atoms with Crippen molar-refractivity contribution in [2.45, 2.75) is 13.8 Å². The highest BCUT2D eigenvalue weighted by Crippen LogP contribution is 2.28. The predicted molar refractivity (Wildman–Crippen MR) is 67.9 cm³/mol. The summed E-state index contributed by atoms with van der Waals surface area (Å²) in [5, 5.41) is 14.0. The molecule has 88 valence electrons. The zero-order valence-corrected chi connectivity index (χ0v) is 10.5. The minimum Gasteiger partial charge on any atom is -0.418 e. The molecular weight excluding hydrogens is 234 g/mol. The molecule has 1 N–H and O–H groups in total. The zero-order valence-electron chi connectivity index (χ0n) is 9.73. The molecule has 0 bridgehead atoms. The lowest BCUT2D eigenvalue weighted by Crippen LogP contribution is -2.08. The molecule has 0 fully saturated rings. The second-order valence-electron chi connectivity index (χ2n) is 4.06. The average Bonchev–Trinajstić information content (AvgIpc) is 2.94. The molecule has 17 heavy (non-hydrogen) atoms. The minimum atomic E-state index is 0.314. The molecule has 2 heterocycles. The van der Waals surface area contributed by atoms with E-state index in [1.807, 2.05) is 23.6 Å². The van der Waals surface area contributed by atoms with E-state index in [0.29, 0.717) is 23.4 Å². The van der Waals surface area contributed by atoms with Crippen LogP contribution in [0.4, 0.5) is 5.88 Å². The Balaban J connectivity index is 2.25. The standard InChI is InChI=1S/C12H13N3OS/c1-8(2)7-14-11-9(6-13)15-12(16-11)10-4-3-5-17-10/h3-5,8,14H,7H2,1-2H3. The molecule has 2 rings (SSSR count). The summed E-state index contributed by atoms with van der Waals surface area (Å²) in [5.74, 6) is 1.45. The van der Waals surface area contributed by atoms with Gasteiger partial charge in [0.05, 0.1) is 4.88 Å². The van der Waals surface area contributed by atoms with Crippen LogP contribution in [-0.2, 0) is 0 Å². The molecule has 0 aliphatic rings. The van der Waals surface area contributed by atoms with Crippen molar-refractivity contribution in [3.63, 3.8) is 0 Å². The predicted octanol–water partition coefficient (Wildman–Crippen LogP) is 3.34. The molecule has 0 aliphatic carbocycles. The molecular formula is C12H13N3OS. The van der Waals surface area contributed by atoms with Gasteiger partial charge in [-0.05, 0) is 17.4 Å². The number of hydrogen-bond donors (Lipinski definition) is 1. The smallest absolute Gasteiger partial charge is 0.240 e. The molecule has 4 nitrogen and oxygen atoms in total. The van der Waals surface area contributed by atoms with E-state index in [9.17, 15) is 0 Å². The number of nitriles is 1. The van der Waals surface area contributed by atoms with Crippen molar-refractivity contribution in [3.05, 3.63) is 23.2 Å². The van der Waals surface area contributed by atoms with Gasteiger partial charge in [0.1, 0.15) is 6.07 Å². The first-order valence-corrected chi connectivity index (χ1v) is 6.27. The summed E-state index contributed by atoms with van der Waals surface area (Å²) >= 11 is 1.54. The first-order chi connectivity index (χ1) is 8.20. The fourth-order valence-electron chi connectivity index (χ4n) is 1.32. The topological polar surface area (TPSA) is 61.9 Å². The van der Waals surface area contributed by atoms with E-state index in [-0.39, 0.29) is 0 Å². The van der Waals surface area contributed by atoms with Gasteiger partial charge in [0.2, 0.25) is 17.5 Å². The fourth-order valence-corrected chi connectivity index (χ4v) is 1.97. The molecule has 0 aliphatic heterocycles. The third-order valence-corrected chi connectivity index (χ3v) is 2.99. The molecule has 0 atom stereocenters. The van der Waals surface area contributed by atoms with Gasteiger partial charge in [-0.2, -0.15) is 10.2 Å². The molecule has 0 radical (unpaired) electrons. The summed E-state index contributed by atoms with van der Waals surface area (Å²) in [6.45, 7) is 4.94. The molecule has 0 amide bonds. The maximum Gasteiger partial charge on any atom is 0.240 e. The summed E-state index contributed by atoms with van der Waals surface area (Å²) in [6.07, 6.45) is 0. The molecule has 0 aromatic carbocycles. The van der Waals surface area contributed by atoms with Gasteiger partial charge in [-0.1, -0.05) is 19.9 Å². The Labute approximate surface area is 104 Å². The van der Waals surface area contributed by atoms with Gasteiger partial charge in [-0.15, -0.1) is 11.3 Å². The summed E-state index contributed by atoms with van der Waals surface area (Å²) < 4.78 is 5.57. The summed E-state index contributed by atoms with van der Waals surface area (Å²) in [7, 11) is 0. The molecule has 0 spiro atoms. The van der Waals surface area contributed by atoms with Gasteiger partial charge in [0.15, 0.2) is 0 Å². The molecule has 0 saturated carbocycles. The second-order valence-corrected chi connectivity index (χ2v) is 5.01. The van der Waals surface area contributed by atoms with E-state index < -0.39 is 0 Å². The van der Waals surface area contributed by atoms with Crippen LogP contribution >= 0.6 is 11.3 Å². The van der Waals surface area contributed by atoms with Gasteiger partial charge in [0.25, 0.3) is 0 Å². The van der Waals surface area contributed by atoms with Crippen LogP contribution in [0.5, 0.6) is 0 Å². The summed E-state index contributed by atoms with van der Waals surface area (Å²) in [5.41, 5.74) is 0.314. The van der Waals surface area contributed by atoms with Crippen molar-refractivity contribution in [3.8, 4) is 16.8 Å². The number of nitrogens with zero attached hydrogens (tertiary/aromatic N) is 2. The van der Waals surface area contributed by atoms with Crippen LogP contribution in [0.1, 0.15) is 19.5 Å². The number of rotatable bonds is 4. The van der Waals surface area contributed by atoms with Gasteiger partial charge in [-0.25, -0.2) is 0 Å². The third-order valence-electron chi connectivity index (χ3n) is 2.14. The van der Waals surface area contributed by atoms with E-state index in [2.05, 4.69) is 24.1 Å². The van der Waals surface area contributed by atoms with Crippen LogP contribution in [0.2, 0.25) is 0 Å². The second kappa shape index (κ2) is 5.02. The lowest BCUT2D eigenvalue weighted by atomic mass is 10.2. The van der Waals surface area contributed by atoms with E-state index in [1.165, 1.54) is 11.3 Å². The highest BCUT2D eigenvalue weighted by molar-refractivity contribution is 7.13. The summed E-state index contributed by atoms with van der Waals surface area (Å²) in [4.78, 5) is 5.10. The number of aromatic nitrogens is 1. The first kappa shape index (κ1) is 11.7. The van der Waals surface area contributed by atoms with Crippen molar-refractivity contribution in [2.75, 3.05) is 11.9 Å². The zero-order chi connectivity index (χ0) is 12.3. The van der Waals surface area contributed by atoms with Gasteiger partial charge in [0, 0.05) is 6.54 Å². The maximum absolute atomic E-state index is 8.99. The normalized spacial score (nSPS) is 10.5. The summed E-state index contributed by atoms with van der Waals surface area (Å²) in [6, 6.07) is 5.89. The van der Waals surface area contributed by atoms with E-state index >= 15 is 0 Å². The van der Waals surface area contributed by atoms with E-state index in [0.717, 1.165) is 11.4 Å². The fraction of sp³-hybridized carbons (Fsp3) is 0.333. The average molecular weight is 247 g/mol. The Morgan fingerprint density at radius 1 is 1.59 bits per heavy atom. The molecule has 0 unspecified atom stereocenters. The first-order valence-electron chi connectivity index (χ1n) is 5.39. The van der Waals surface area contributed by atoms with Crippen molar-refractivity contribution < 1.29 is 4.42 Å². The van der Waals surface area contributed by atoms with Crippen molar-refractivity contribution in [1.82, 2.24) is 4.98 Å². The number of hydrogen-bond acceptors (Lipinski definition) is 5. The number of thiophene rings is 1. The van der Waals surface area contributed by atoms with E-state index in [4.69, 9.17) is 9.68 Å². The monoisotopic (exact) mass is 247 g/mol. The Hall–Kier alpha value is -1.80. The van der Waals surface area contributed by atoms with Gasteiger partial charge >= 0.3 is 0 Å². The van der Waals surface area contributed by atoms with Crippen LogP contribution in [0.3, 0.4) is 0 Å². The van der Waals surface area contributed by atoms with Crippen LogP contribution < -0.4 is 5.32 Å². The molecule has 0 saturated heterocycles. The highest BCUT2D eigenvalue weighted by Gasteiger charge is 2.14. The molecule has 2 aromatic rings. The maximum atomic E-state index is 8.99. The minimum absolute atomic E-state index is 0.314. The lowest BCUT2D eigenvalue weighted by molar-refractivity contribution is 0.575. The van der Waals surface area contributed by atoms with Crippen LogP contribution in [0.25, 0.3) is 10.8 Å². The molecule has 2 aromatic heterocycles. The van der Waals surface area contributed by atoms with E-state index in [1.54, 1.807) is 0 Å². The van der Waals surface area contributed by atoms with Gasteiger partial charge < -0.3 is 9.73 Å². The Morgan fingerprint density at radius 3 is 3.00 bits per heavy atom. The SMILES string of the molecule is CC(C)CNc1oc(-c2cccs2)nc1C#N. The van der Waals surface area contributed by atoms with Gasteiger partial charge in [-0.3, -0.25) is 0 Å². The highest BCUT2D eigenvalue weighted by atomic mass is 32.1. The largest absolute Gasteiger partial charge is 0.418 e. The van der Waals surface area contributed by atoms with Crippen molar-refractivity contribution in [2.24, 2.45) is 5.92 Å². The van der Waals surface area contributed by atoms with Crippen molar-refractivity contribution >= 4 is 17.2 Å².